The fourth-order valence-corrected chi connectivity index (χ4v) is 5.05. The topological polar surface area (TPSA) is 122 Å². The van der Waals surface area contributed by atoms with Crippen molar-refractivity contribution in [2.24, 2.45) is 0 Å². The van der Waals surface area contributed by atoms with Crippen molar-refractivity contribution in [3.8, 4) is 11.3 Å². The van der Waals surface area contributed by atoms with Crippen molar-refractivity contribution in [2.45, 2.75) is 24.7 Å². The number of amides is 2. The third-order valence-corrected chi connectivity index (χ3v) is 7.16. The predicted molar refractivity (Wildman–Crippen MR) is 116 cm³/mol. The summed E-state index contributed by atoms with van der Waals surface area (Å²) in [5, 5.41) is 3.95. The molecule has 1 aliphatic heterocycles. The minimum Gasteiger partial charge on any atom is -0.360 e. The van der Waals surface area contributed by atoms with Crippen LogP contribution in [-0.2, 0) is 10.0 Å². The Kier molecular flexibility index (Phi) is 6.06. The number of rotatable bonds is 5. The van der Waals surface area contributed by atoms with E-state index >= 15 is 0 Å². The predicted octanol–water partition coefficient (Wildman–Crippen LogP) is 2.51. The summed E-state index contributed by atoms with van der Waals surface area (Å²) in [6.07, 6.45) is 1.69. The Morgan fingerprint density at radius 2 is 1.56 bits per heavy atom. The van der Waals surface area contributed by atoms with Gasteiger partial charge in [0.05, 0.1) is 4.90 Å². The normalized spacial score (nSPS) is 14.3. The number of aryl methyl sites for hydroxylation is 1. The highest BCUT2D eigenvalue weighted by Crippen LogP contribution is 2.25. The zero-order valence-corrected chi connectivity index (χ0v) is 18.2. The van der Waals surface area contributed by atoms with E-state index in [0.29, 0.717) is 30.1 Å². The number of aromatic nitrogens is 1. The Balaban J connectivity index is 1.43. The first-order valence-corrected chi connectivity index (χ1v) is 11.5. The van der Waals surface area contributed by atoms with Crippen LogP contribution in [0, 0.1) is 6.92 Å². The molecule has 0 radical (unpaired) electrons. The molecule has 2 aromatic carbocycles. The van der Waals surface area contributed by atoms with Crippen LogP contribution in [0.5, 0.6) is 0 Å². The Morgan fingerprint density at radius 1 is 0.938 bits per heavy atom. The highest BCUT2D eigenvalue weighted by atomic mass is 32.2. The third kappa shape index (κ3) is 4.27. The maximum atomic E-state index is 12.7. The summed E-state index contributed by atoms with van der Waals surface area (Å²) in [5.41, 5.74) is 6.18. The summed E-state index contributed by atoms with van der Waals surface area (Å²) >= 11 is 0. The maximum Gasteiger partial charge on any atom is 0.275 e. The van der Waals surface area contributed by atoms with Gasteiger partial charge in [-0.2, -0.15) is 4.31 Å². The number of carbonyl (C=O) groups excluding carboxylic acids is 2. The van der Waals surface area contributed by atoms with Crippen molar-refractivity contribution in [2.75, 3.05) is 13.1 Å². The van der Waals surface area contributed by atoms with E-state index in [1.54, 1.807) is 19.1 Å². The Hall–Kier alpha value is -3.50. The lowest BCUT2D eigenvalue weighted by Crippen LogP contribution is -2.41. The molecule has 10 heteroatoms. The van der Waals surface area contributed by atoms with Crippen LogP contribution in [0.1, 0.15) is 39.3 Å². The molecule has 0 bridgehead atoms. The monoisotopic (exact) mass is 454 g/mol. The maximum absolute atomic E-state index is 12.7. The van der Waals surface area contributed by atoms with Crippen LogP contribution in [0.4, 0.5) is 0 Å². The fraction of sp³-hybridized carbons (Fsp3) is 0.227. The van der Waals surface area contributed by atoms with Crippen molar-refractivity contribution >= 4 is 21.8 Å². The van der Waals surface area contributed by atoms with E-state index in [0.717, 1.165) is 12.8 Å². The van der Waals surface area contributed by atoms with Crippen LogP contribution in [0.15, 0.2) is 64.0 Å². The number of benzene rings is 2. The molecule has 2 amide bonds. The molecule has 1 aromatic heterocycles. The second kappa shape index (κ2) is 8.93. The van der Waals surface area contributed by atoms with Crippen molar-refractivity contribution in [1.29, 1.82) is 0 Å². The SMILES string of the molecule is Cc1onc(-c2ccccc2)c1C(=O)NNC(=O)c1ccc(S(=O)(=O)N2CCCC2)cc1. The molecule has 3 aromatic rings. The lowest BCUT2D eigenvalue weighted by Gasteiger charge is -2.15. The van der Waals surface area contributed by atoms with Gasteiger partial charge < -0.3 is 4.52 Å². The largest absolute Gasteiger partial charge is 0.360 e. The van der Waals surface area contributed by atoms with Crippen molar-refractivity contribution in [3.63, 3.8) is 0 Å². The molecule has 1 fully saturated rings. The van der Waals surface area contributed by atoms with Crippen LogP contribution in [0.2, 0.25) is 0 Å². The second-order valence-electron chi connectivity index (χ2n) is 7.37. The zero-order chi connectivity index (χ0) is 22.7. The minimum absolute atomic E-state index is 0.132. The average molecular weight is 455 g/mol. The summed E-state index contributed by atoms with van der Waals surface area (Å²) in [7, 11) is -3.56. The number of hydrazine groups is 1. The van der Waals surface area contributed by atoms with Gasteiger partial charge in [0, 0.05) is 24.2 Å². The average Bonchev–Trinajstić information content (AvgIpc) is 3.48. The van der Waals surface area contributed by atoms with E-state index in [1.807, 2.05) is 18.2 Å². The molecule has 0 saturated carbocycles. The number of hydrogen-bond donors (Lipinski definition) is 2. The molecule has 1 aliphatic rings. The lowest BCUT2D eigenvalue weighted by atomic mass is 10.1. The number of sulfonamides is 1. The van der Waals surface area contributed by atoms with E-state index < -0.39 is 21.8 Å². The Morgan fingerprint density at radius 3 is 2.22 bits per heavy atom. The van der Waals surface area contributed by atoms with Crippen molar-refractivity contribution in [3.05, 3.63) is 71.5 Å². The lowest BCUT2D eigenvalue weighted by molar-refractivity contribution is 0.0846. The fourth-order valence-electron chi connectivity index (χ4n) is 3.54. The van der Waals surface area contributed by atoms with Gasteiger partial charge in [-0.3, -0.25) is 20.4 Å². The molecule has 2 heterocycles. The van der Waals surface area contributed by atoms with Gasteiger partial charge in [-0.25, -0.2) is 8.42 Å². The number of carbonyl (C=O) groups is 2. The van der Waals surface area contributed by atoms with Gasteiger partial charge in [-0.05, 0) is 44.0 Å². The molecule has 0 atom stereocenters. The van der Waals surface area contributed by atoms with Crippen molar-refractivity contribution < 1.29 is 22.5 Å². The van der Waals surface area contributed by atoms with Crippen LogP contribution < -0.4 is 10.9 Å². The van der Waals surface area contributed by atoms with E-state index in [9.17, 15) is 18.0 Å². The number of nitrogens with zero attached hydrogens (tertiary/aromatic N) is 2. The van der Waals surface area contributed by atoms with E-state index in [-0.39, 0.29) is 16.0 Å². The summed E-state index contributed by atoms with van der Waals surface area (Å²) in [6, 6.07) is 14.7. The van der Waals surface area contributed by atoms with Gasteiger partial charge in [0.2, 0.25) is 10.0 Å². The molecule has 0 unspecified atom stereocenters. The molecule has 9 nitrogen and oxygen atoms in total. The van der Waals surface area contributed by atoms with Gasteiger partial charge in [-0.1, -0.05) is 35.5 Å². The smallest absolute Gasteiger partial charge is 0.275 e. The van der Waals surface area contributed by atoms with Crippen LogP contribution in [0.25, 0.3) is 11.3 Å². The summed E-state index contributed by atoms with van der Waals surface area (Å²) < 4.78 is 31.8. The molecule has 0 spiro atoms. The van der Waals surface area contributed by atoms with Crippen LogP contribution >= 0.6 is 0 Å². The van der Waals surface area contributed by atoms with Crippen molar-refractivity contribution in [1.82, 2.24) is 20.3 Å². The Bertz CT molecular complexity index is 1230. The van der Waals surface area contributed by atoms with Gasteiger partial charge in [-0.15, -0.1) is 0 Å². The standard InChI is InChI=1S/C22H22N4O5S/c1-15-19(20(25-31-15)16-7-3-2-4-8-16)22(28)24-23-21(27)17-9-11-18(12-10-17)32(29,30)26-13-5-6-14-26/h2-4,7-12H,5-6,13-14H2,1H3,(H,23,27)(H,24,28). The third-order valence-electron chi connectivity index (χ3n) is 5.25. The minimum atomic E-state index is -3.56. The van der Waals surface area contributed by atoms with E-state index in [4.69, 9.17) is 4.52 Å². The van der Waals surface area contributed by atoms with Crippen LogP contribution in [0.3, 0.4) is 0 Å². The summed E-state index contributed by atoms with van der Waals surface area (Å²) in [4.78, 5) is 25.3. The molecule has 4 rings (SSSR count). The first-order valence-electron chi connectivity index (χ1n) is 10.1. The number of nitrogens with one attached hydrogen (secondary N) is 2. The van der Waals surface area contributed by atoms with Gasteiger partial charge in [0.25, 0.3) is 11.8 Å². The molecule has 0 aliphatic carbocycles. The number of hydrogen-bond acceptors (Lipinski definition) is 6. The summed E-state index contributed by atoms with van der Waals surface area (Å²) in [6.45, 7) is 2.61. The van der Waals surface area contributed by atoms with Gasteiger partial charge in [0.15, 0.2) is 0 Å². The zero-order valence-electron chi connectivity index (χ0n) is 17.4. The summed E-state index contributed by atoms with van der Waals surface area (Å²) in [5.74, 6) is -0.852. The quantitative estimate of drug-likeness (QED) is 0.572. The molecule has 166 valence electrons. The van der Waals surface area contributed by atoms with Crippen LogP contribution in [-0.4, -0.2) is 42.8 Å². The molecule has 32 heavy (non-hydrogen) atoms. The molecule has 1 saturated heterocycles. The molecular formula is C22H22N4O5S. The molecular weight excluding hydrogens is 432 g/mol. The highest BCUT2D eigenvalue weighted by molar-refractivity contribution is 7.89. The Labute approximate surface area is 185 Å². The first kappa shape index (κ1) is 21.7. The van der Waals surface area contributed by atoms with E-state index in [1.165, 1.54) is 28.6 Å². The second-order valence-corrected chi connectivity index (χ2v) is 9.31. The first-order chi connectivity index (χ1) is 15.4. The highest BCUT2D eigenvalue weighted by Gasteiger charge is 2.27. The molecule has 2 N–H and O–H groups in total. The van der Waals surface area contributed by atoms with Gasteiger partial charge >= 0.3 is 0 Å². The van der Waals surface area contributed by atoms with Gasteiger partial charge in [0.1, 0.15) is 17.0 Å². The van der Waals surface area contributed by atoms with E-state index in [2.05, 4.69) is 16.0 Å².